The average molecular weight is 228 g/mol. The second kappa shape index (κ2) is 6.86. The Hall–Kier alpha value is -0.610. The van der Waals surface area contributed by atoms with E-state index in [1.54, 1.807) is 0 Å². The SMILES string of the molecule is CC(C)CNC(=O)C(C)NC1CCCOC1. The van der Waals surface area contributed by atoms with Crippen LogP contribution in [-0.4, -0.2) is 37.7 Å². The lowest BCUT2D eigenvalue weighted by atomic mass is 10.1. The molecule has 2 unspecified atom stereocenters. The molecule has 1 fully saturated rings. The van der Waals surface area contributed by atoms with Gasteiger partial charge in [-0.1, -0.05) is 13.8 Å². The molecule has 1 saturated heterocycles. The standard InChI is InChI=1S/C12H24N2O2/c1-9(2)7-13-12(15)10(3)14-11-5-4-6-16-8-11/h9-11,14H,4-8H2,1-3H3,(H,13,15). The lowest BCUT2D eigenvalue weighted by Crippen LogP contribution is -2.49. The molecule has 0 spiro atoms. The van der Waals surface area contributed by atoms with Gasteiger partial charge in [-0.05, 0) is 25.7 Å². The molecule has 0 aromatic heterocycles. The van der Waals surface area contributed by atoms with Crippen molar-refractivity contribution < 1.29 is 9.53 Å². The molecule has 16 heavy (non-hydrogen) atoms. The van der Waals surface area contributed by atoms with Crippen molar-refractivity contribution in [1.29, 1.82) is 0 Å². The smallest absolute Gasteiger partial charge is 0.236 e. The number of hydrogen-bond acceptors (Lipinski definition) is 3. The van der Waals surface area contributed by atoms with Crippen LogP contribution < -0.4 is 10.6 Å². The molecule has 0 saturated carbocycles. The first-order valence-corrected chi connectivity index (χ1v) is 6.21. The number of hydrogen-bond donors (Lipinski definition) is 2. The highest BCUT2D eigenvalue weighted by molar-refractivity contribution is 5.81. The van der Waals surface area contributed by atoms with Crippen LogP contribution in [0.3, 0.4) is 0 Å². The van der Waals surface area contributed by atoms with E-state index in [1.807, 2.05) is 6.92 Å². The third-order valence-corrected chi connectivity index (χ3v) is 2.72. The van der Waals surface area contributed by atoms with Gasteiger partial charge in [0.1, 0.15) is 0 Å². The fourth-order valence-corrected chi connectivity index (χ4v) is 1.76. The summed E-state index contributed by atoms with van der Waals surface area (Å²) in [5, 5.41) is 6.23. The van der Waals surface area contributed by atoms with Crippen LogP contribution in [0.1, 0.15) is 33.6 Å². The van der Waals surface area contributed by atoms with E-state index in [4.69, 9.17) is 4.74 Å². The minimum Gasteiger partial charge on any atom is -0.380 e. The van der Waals surface area contributed by atoms with Gasteiger partial charge >= 0.3 is 0 Å². The highest BCUT2D eigenvalue weighted by Crippen LogP contribution is 2.06. The molecule has 1 aliphatic rings. The maximum atomic E-state index is 11.7. The van der Waals surface area contributed by atoms with E-state index in [9.17, 15) is 4.79 Å². The summed E-state index contributed by atoms with van der Waals surface area (Å²) in [6.07, 6.45) is 2.18. The van der Waals surface area contributed by atoms with Crippen LogP contribution in [0.2, 0.25) is 0 Å². The molecular formula is C12H24N2O2. The molecule has 1 aliphatic heterocycles. The zero-order valence-electron chi connectivity index (χ0n) is 10.6. The van der Waals surface area contributed by atoms with Crippen molar-refractivity contribution in [3.63, 3.8) is 0 Å². The van der Waals surface area contributed by atoms with Crippen LogP contribution >= 0.6 is 0 Å². The van der Waals surface area contributed by atoms with Crippen LogP contribution in [0.4, 0.5) is 0 Å². The van der Waals surface area contributed by atoms with Crippen LogP contribution in [0.5, 0.6) is 0 Å². The Morgan fingerprint density at radius 1 is 1.44 bits per heavy atom. The summed E-state index contributed by atoms with van der Waals surface area (Å²) >= 11 is 0. The predicted molar refractivity (Wildman–Crippen MR) is 64.3 cm³/mol. The van der Waals surface area contributed by atoms with E-state index in [-0.39, 0.29) is 11.9 Å². The van der Waals surface area contributed by atoms with E-state index in [1.165, 1.54) is 0 Å². The summed E-state index contributed by atoms with van der Waals surface area (Å²) in [7, 11) is 0. The van der Waals surface area contributed by atoms with Crippen molar-refractivity contribution in [1.82, 2.24) is 10.6 Å². The minimum atomic E-state index is -0.134. The predicted octanol–water partition coefficient (Wildman–Crippen LogP) is 0.916. The molecule has 0 bridgehead atoms. The number of ether oxygens (including phenoxy) is 1. The molecule has 1 amide bonds. The van der Waals surface area contributed by atoms with E-state index < -0.39 is 0 Å². The fourth-order valence-electron chi connectivity index (χ4n) is 1.76. The zero-order chi connectivity index (χ0) is 12.0. The van der Waals surface area contributed by atoms with Crippen molar-refractivity contribution in [2.75, 3.05) is 19.8 Å². The van der Waals surface area contributed by atoms with Crippen molar-refractivity contribution in [3.05, 3.63) is 0 Å². The second-order valence-electron chi connectivity index (χ2n) is 4.94. The van der Waals surface area contributed by atoms with E-state index in [2.05, 4.69) is 24.5 Å². The van der Waals surface area contributed by atoms with Crippen LogP contribution in [0.15, 0.2) is 0 Å². The van der Waals surface area contributed by atoms with Gasteiger partial charge in [0.15, 0.2) is 0 Å². The minimum absolute atomic E-state index is 0.0827. The number of amides is 1. The van der Waals surface area contributed by atoms with Crippen LogP contribution in [-0.2, 0) is 9.53 Å². The first kappa shape index (κ1) is 13.5. The van der Waals surface area contributed by atoms with Gasteiger partial charge in [0.05, 0.1) is 12.6 Å². The summed E-state index contributed by atoms with van der Waals surface area (Å²) in [5.41, 5.74) is 0. The van der Waals surface area contributed by atoms with Crippen LogP contribution in [0, 0.1) is 5.92 Å². The Kier molecular flexibility index (Phi) is 5.77. The Bertz CT molecular complexity index is 213. The van der Waals surface area contributed by atoms with E-state index in [0.29, 0.717) is 12.0 Å². The topological polar surface area (TPSA) is 50.4 Å². The second-order valence-corrected chi connectivity index (χ2v) is 4.94. The molecule has 4 nitrogen and oxygen atoms in total. The van der Waals surface area contributed by atoms with Gasteiger partial charge in [-0.15, -0.1) is 0 Å². The zero-order valence-corrected chi connectivity index (χ0v) is 10.6. The summed E-state index contributed by atoms with van der Waals surface area (Å²) in [6, 6.07) is 0.194. The molecule has 0 aliphatic carbocycles. The Morgan fingerprint density at radius 2 is 2.19 bits per heavy atom. The molecule has 2 atom stereocenters. The van der Waals surface area contributed by atoms with Gasteiger partial charge in [0.2, 0.25) is 5.91 Å². The Morgan fingerprint density at radius 3 is 2.75 bits per heavy atom. The largest absolute Gasteiger partial charge is 0.380 e. The lowest BCUT2D eigenvalue weighted by molar-refractivity contribution is -0.123. The van der Waals surface area contributed by atoms with Gasteiger partial charge in [0, 0.05) is 19.2 Å². The van der Waals surface area contributed by atoms with E-state index in [0.717, 1.165) is 32.6 Å². The van der Waals surface area contributed by atoms with Gasteiger partial charge in [-0.2, -0.15) is 0 Å². The maximum absolute atomic E-state index is 11.7. The quantitative estimate of drug-likeness (QED) is 0.735. The molecule has 0 aromatic rings. The third-order valence-electron chi connectivity index (χ3n) is 2.72. The fraction of sp³-hybridized carbons (Fsp3) is 0.917. The molecule has 94 valence electrons. The summed E-state index contributed by atoms with van der Waals surface area (Å²) in [5.74, 6) is 0.577. The van der Waals surface area contributed by atoms with Crippen molar-refractivity contribution >= 4 is 5.91 Å². The third kappa shape index (κ3) is 4.94. The molecule has 2 N–H and O–H groups in total. The van der Waals surface area contributed by atoms with Gasteiger partial charge in [-0.3, -0.25) is 4.79 Å². The lowest BCUT2D eigenvalue weighted by Gasteiger charge is -2.26. The maximum Gasteiger partial charge on any atom is 0.236 e. The Labute approximate surface area is 98.1 Å². The number of rotatable bonds is 5. The molecule has 0 radical (unpaired) electrons. The molecular weight excluding hydrogens is 204 g/mol. The first-order valence-electron chi connectivity index (χ1n) is 6.21. The number of nitrogens with one attached hydrogen (secondary N) is 2. The average Bonchev–Trinajstić information content (AvgIpc) is 2.27. The summed E-state index contributed by atoms with van der Waals surface area (Å²) in [4.78, 5) is 11.7. The summed E-state index contributed by atoms with van der Waals surface area (Å²) in [6.45, 7) is 8.41. The number of carbonyl (C=O) groups excluding carboxylic acids is 1. The van der Waals surface area contributed by atoms with Gasteiger partial charge < -0.3 is 15.4 Å². The van der Waals surface area contributed by atoms with Crippen LogP contribution in [0.25, 0.3) is 0 Å². The van der Waals surface area contributed by atoms with Crippen molar-refractivity contribution in [2.45, 2.75) is 45.7 Å². The van der Waals surface area contributed by atoms with E-state index >= 15 is 0 Å². The van der Waals surface area contributed by atoms with Crippen molar-refractivity contribution in [3.8, 4) is 0 Å². The Balaban J connectivity index is 2.21. The van der Waals surface area contributed by atoms with Gasteiger partial charge in [-0.25, -0.2) is 0 Å². The molecule has 4 heteroatoms. The van der Waals surface area contributed by atoms with Gasteiger partial charge in [0.25, 0.3) is 0 Å². The molecule has 1 rings (SSSR count). The number of carbonyl (C=O) groups is 1. The normalized spacial score (nSPS) is 23.1. The van der Waals surface area contributed by atoms with Crippen molar-refractivity contribution in [2.24, 2.45) is 5.92 Å². The monoisotopic (exact) mass is 228 g/mol. The highest BCUT2D eigenvalue weighted by atomic mass is 16.5. The highest BCUT2D eigenvalue weighted by Gasteiger charge is 2.19. The molecule has 1 heterocycles. The summed E-state index contributed by atoms with van der Waals surface area (Å²) < 4.78 is 5.37. The molecule has 0 aromatic carbocycles. The first-order chi connectivity index (χ1) is 7.59.